The van der Waals surface area contributed by atoms with Crippen molar-refractivity contribution in [3.05, 3.63) is 88.3 Å². The van der Waals surface area contributed by atoms with Gasteiger partial charge in [0.25, 0.3) is 11.5 Å². The number of hydrogen-bond donors (Lipinski definition) is 1. The van der Waals surface area contributed by atoms with Gasteiger partial charge in [0.2, 0.25) is 0 Å². The number of alkyl halides is 2. The lowest BCUT2D eigenvalue weighted by Crippen LogP contribution is -2.30. The fourth-order valence-electron chi connectivity index (χ4n) is 2.58. The predicted octanol–water partition coefficient (Wildman–Crippen LogP) is 3.32. The van der Waals surface area contributed by atoms with Crippen LogP contribution in [0.3, 0.4) is 0 Å². The summed E-state index contributed by atoms with van der Waals surface area (Å²) in [5, 5.41) is 6.89. The highest BCUT2D eigenvalue weighted by Gasteiger charge is 2.15. The Balaban J connectivity index is 1.75. The van der Waals surface area contributed by atoms with Gasteiger partial charge >= 0.3 is 6.61 Å². The van der Waals surface area contributed by atoms with Crippen LogP contribution in [-0.2, 0) is 0 Å². The second-order valence-electron chi connectivity index (χ2n) is 5.95. The quantitative estimate of drug-likeness (QED) is 0.707. The normalized spacial score (nSPS) is 11.9. The molecule has 0 aliphatic heterocycles. The minimum absolute atomic E-state index is 0.0360. The lowest BCUT2D eigenvalue weighted by atomic mass is 10.1. The highest BCUT2D eigenvalue weighted by atomic mass is 19.3. The Kier molecular flexibility index (Phi) is 5.78. The molecule has 0 saturated carbocycles. The van der Waals surface area contributed by atoms with Crippen molar-refractivity contribution in [3.8, 4) is 11.4 Å². The van der Waals surface area contributed by atoms with Crippen LogP contribution < -0.4 is 15.6 Å². The summed E-state index contributed by atoms with van der Waals surface area (Å²) < 4.78 is 29.9. The molecule has 0 spiro atoms. The number of nitrogens with zero attached hydrogens (tertiary/aromatic N) is 2. The molecule has 3 aromatic rings. The molecular formula is C20H17F2N3O3. The van der Waals surface area contributed by atoms with Crippen molar-refractivity contribution in [3.63, 3.8) is 0 Å². The van der Waals surface area contributed by atoms with Crippen LogP contribution in [0.2, 0.25) is 0 Å². The van der Waals surface area contributed by atoms with Crippen molar-refractivity contribution in [1.82, 2.24) is 15.1 Å². The lowest BCUT2D eigenvalue weighted by Gasteiger charge is -2.15. The SMILES string of the molecule is CC(NC(=O)c1ccc(=O)n(-c2ccccc2)n1)c1ccc(OC(F)F)cc1. The van der Waals surface area contributed by atoms with Crippen LogP contribution in [0.25, 0.3) is 5.69 Å². The molecule has 0 aliphatic carbocycles. The number of benzene rings is 2. The van der Waals surface area contributed by atoms with Gasteiger partial charge in [-0.1, -0.05) is 30.3 Å². The number of hydrogen-bond acceptors (Lipinski definition) is 4. The first kappa shape index (κ1) is 19.2. The molecule has 0 fully saturated rings. The fraction of sp³-hybridized carbons (Fsp3) is 0.150. The number of carbonyl (C=O) groups excluding carboxylic acids is 1. The summed E-state index contributed by atoms with van der Waals surface area (Å²) in [6, 6.07) is 16.9. The average molecular weight is 385 g/mol. The molecule has 1 amide bonds. The fourth-order valence-corrected chi connectivity index (χ4v) is 2.58. The Morgan fingerprint density at radius 1 is 1.04 bits per heavy atom. The van der Waals surface area contributed by atoms with Crippen LogP contribution in [0.5, 0.6) is 5.75 Å². The first-order chi connectivity index (χ1) is 13.4. The number of nitrogens with one attached hydrogen (secondary N) is 1. The summed E-state index contributed by atoms with van der Waals surface area (Å²) in [5.74, 6) is -0.432. The van der Waals surface area contributed by atoms with Crippen LogP contribution in [0, 0.1) is 0 Å². The molecule has 144 valence electrons. The minimum atomic E-state index is -2.89. The summed E-state index contributed by atoms with van der Waals surface area (Å²) in [5.41, 5.74) is 0.967. The molecular weight excluding hydrogens is 368 g/mol. The van der Waals surface area contributed by atoms with Gasteiger partial charge in [-0.25, -0.2) is 0 Å². The number of rotatable bonds is 6. The Morgan fingerprint density at radius 3 is 2.36 bits per heavy atom. The van der Waals surface area contributed by atoms with Gasteiger partial charge in [0.15, 0.2) is 0 Å². The van der Waals surface area contributed by atoms with Gasteiger partial charge in [-0.2, -0.15) is 18.6 Å². The summed E-state index contributed by atoms with van der Waals surface area (Å²) in [7, 11) is 0. The molecule has 1 unspecified atom stereocenters. The lowest BCUT2D eigenvalue weighted by molar-refractivity contribution is -0.0498. The molecule has 28 heavy (non-hydrogen) atoms. The second-order valence-corrected chi connectivity index (χ2v) is 5.95. The third-order valence-electron chi connectivity index (χ3n) is 3.99. The highest BCUT2D eigenvalue weighted by molar-refractivity contribution is 5.92. The molecule has 1 atom stereocenters. The maximum atomic E-state index is 12.5. The number of para-hydroxylation sites is 1. The second kappa shape index (κ2) is 8.43. The summed E-state index contributed by atoms with van der Waals surface area (Å²) in [6.07, 6.45) is 0. The molecule has 3 rings (SSSR count). The number of amides is 1. The van der Waals surface area contributed by atoms with Crippen molar-refractivity contribution >= 4 is 5.91 Å². The first-order valence-electron chi connectivity index (χ1n) is 8.45. The van der Waals surface area contributed by atoms with Crippen molar-refractivity contribution < 1.29 is 18.3 Å². The summed E-state index contributed by atoms with van der Waals surface area (Å²) >= 11 is 0. The molecule has 1 aromatic heterocycles. The van der Waals surface area contributed by atoms with Gasteiger partial charge in [0.1, 0.15) is 11.4 Å². The smallest absolute Gasteiger partial charge is 0.387 e. The van der Waals surface area contributed by atoms with Crippen molar-refractivity contribution in [2.45, 2.75) is 19.6 Å². The highest BCUT2D eigenvalue weighted by Crippen LogP contribution is 2.19. The van der Waals surface area contributed by atoms with E-state index in [1.807, 2.05) is 6.07 Å². The van der Waals surface area contributed by atoms with E-state index in [9.17, 15) is 18.4 Å². The van der Waals surface area contributed by atoms with E-state index >= 15 is 0 Å². The van der Waals surface area contributed by atoms with Gasteiger partial charge < -0.3 is 10.1 Å². The van der Waals surface area contributed by atoms with E-state index in [0.29, 0.717) is 11.3 Å². The van der Waals surface area contributed by atoms with Crippen LogP contribution >= 0.6 is 0 Å². The Hall–Kier alpha value is -3.55. The molecule has 0 bridgehead atoms. The Labute approximate surface area is 159 Å². The maximum absolute atomic E-state index is 12.5. The van der Waals surface area contributed by atoms with Gasteiger partial charge in [-0.3, -0.25) is 9.59 Å². The van der Waals surface area contributed by atoms with Gasteiger partial charge in [-0.15, -0.1) is 0 Å². The Bertz CT molecular complexity index is 1010. The summed E-state index contributed by atoms with van der Waals surface area (Å²) in [6.45, 7) is -1.15. The van der Waals surface area contributed by atoms with E-state index in [0.717, 1.165) is 4.68 Å². The minimum Gasteiger partial charge on any atom is -0.435 e. The van der Waals surface area contributed by atoms with Crippen molar-refractivity contribution in [2.24, 2.45) is 0 Å². The van der Waals surface area contributed by atoms with Gasteiger partial charge in [0, 0.05) is 6.07 Å². The zero-order chi connectivity index (χ0) is 20.1. The van der Waals surface area contributed by atoms with Gasteiger partial charge in [-0.05, 0) is 42.8 Å². The predicted molar refractivity (Wildman–Crippen MR) is 98.8 cm³/mol. The van der Waals surface area contributed by atoms with Crippen molar-refractivity contribution in [1.29, 1.82) is 0 Å². The topological polar surface area (TPSA) is 73.2 Å². The van der Waals surface area contributed by atoms with E-state index in [1.54, 1.807) is 43.3 Å². The number of carbonyl (C=O) groups is 1. The van der Waals surface area contributed by atoms with Crippen molar-refractivity contribution in [2.75, 3.05) is 0 Å². The van der Waals surface area contributed by atoms with E-state index in [-0.39, 0.29) is 17.0 Å². The molecule has 0 aliphatic rings. The first-order valence-corrected chi connectivity index (χ1v) is 8.45. The Morgan fingerprint density at radius 2 is 1.71 bits per heavy atom. The summed E-state index contributed by atoms with van der Waals surface area (Å²) in [4.78, 5) is 24.6. The van der Waals surface area contributed by atoms with E-state index in [2.05, 4.69) is 15.2 Å². The molecule has 1 heterocycles. The number of aromatic nitrogens is 2. The third kappa shape index (κ3) is 4.59. The molecule has 1 N–H and O–H groups in total. The van der Waals surface area contributed by atoms with Crippen LogP contribution in [-0.4, -0.2) is 22.3 Å². The zero-order valence-corrected chi connectivity index (χ0v) is 14.9. The van der Waals surface area contributed by atoms with Crippen LogP contribution in [0.15, 0.2) is 71.5 Å². The maximum Gasteiger partial charge on any atom is 0.387 e. The molecule has 0 saturated heterocycles. The third-order valence-corrected chi connectivity index (χ3v) is 3.99. The van der Waals surface area contributed by atoms with Crippen LogP contribution in [0.1, 0.15) is 29.0 Å². The zero-order valence-electron chi connectivity index (χ0n) is 14.9. The molecule has 0 radical (unpaired) electrons. The van der Waals surface area contributed by atoms with E-state index < -0.39 is 18.6 Å². The molecule has 2 aromatic carbocycles. The van der Waals surface area contributed by atoms with Gasteiger partial charge in [0.05, 0.1) is 11.7 Å². The van der Waals surface area contributed by atoms with E-state index in [4.69, 9.17) is 0 Å². The largest absolute Gasteiger partial charge is 0.435 e. The monoisotopic (exact) mass is 385 g/mol. The number of ether oxygens (including phenoxy) is 1. The standard InChI is InChI=1S/C20H17F2N3O3/c1-13(14-7-9-16(10-8-14)28-20(21)22)23-19(27)17-11-12-18(26)25(24-17)15-5-3-2-4-6-15/h2-13,20H,1H3,(H,23,27). The molecule has 8 heteroatoms. The molecule has 6 nitrogen and oxygen atoms in total. The van der Waals surface area contributed by atoms with Crippen LogP contribution in [0.4, 0.5) is 8.78 Å². The number of halogens is 2. The van der Waals surface area contributed by atoms with E-state index in [1.165, 1.54) is 24.3 Å². The average Bonchev–Trinajstić information content (AvgIpc) is 2.69.